The van der Waals surface area contributed by atoms with E-state index in [1.165, 1.54) is 0 Å². The highest BCUT2D eigenvalue weighted by Gasteiger charge is 2.38. The minimum atomic E-state index is -0.933. The first-order chi connectivity index (χ1) is 12.3. The van der Waals surface area contributed by atoms with Crippen LogP contribution in [0.3, 0.4) is 0 Å². The van der Waals surface area contributed by atoms with Gasteiger partial charge in [0, 0.05) is 25.0 Å². The van der Waals surface area contributed by atoms with Crippen molar-refractivity contribution in [2.75, 3.05) is 6.54 Å². The SMILES string of the molecule is CCC(CC)(CC(=O)O)NC(=O)C1CC(=O)N(Cc2ccc(C)cc2)C1. The van der Waals surface area contributed by atoms with E-state index < -0.39 is 17.4 Å². The van der Waals surface area contributed by atoms with Crippen molar-refractivity contribution in [3.05, 3.63) is 35.4 Å². The van der Waals surface area contributed by atoms with Gasteiger partial charge in [0.2, 0.25) is 11.8 Å². The Morgan fingerprint density at radius 1 is 1.23 bits per heavy atom. The van der Waals surface area contributed by atoms with Gasteiger partial charge in [-0.15, -0.1) is 0 Å². The minimum absolute atomic E-state index is 0.0393. The summed E-state index contributed by atoms with van der Waals surface area (Å²) in [6.45, 7) is 6.61. The van der Waals surface area contributed by atoms with Gasteiger partial charge in [-0.2, -0.15) is 0 Å². The summed E-state index contributed by atoms with van der Waals surface area (Å²) in [5, 5.41) is 12.1. The fourth-order valence-corrected chi connectivity index (χ4v) is 3.39. The molecule has 0 bridgehead atoms. The molecule has 2 N–H and O–H groups in total. The third-order valence-corrected chi connectivity index (χ3v) is 5.31. The van der Waals surface area contributed by atoms with E-state index >= 15 is 0 Å². The summed E-state index contributed by atoms with van der Waals surface area (Å²) in [5.74, 6) is -1.63. The molecular weight excluding hydrogens is 332 g/mol. The molecule has 1 atom stereocenters. The number of amides is 2. The van der Waals surface area contributed by atoms with Gasteiger partial charge in [0.25, 0.3) is 0 Å². The molecule has 1 unspecified atom stereocenters. The van der Waals surface area contributed by atoms with Crippen LogP contribution in [0.5, 0.6) is 0 Å². The first-order valence-electron chi connectivity index (χ1n) is 9.15. The second-order valence-electron chi connectivity index (χ2n) is 7.21. The standard InChI is InChI=1S/C20H28N2O4/c1-4-20(5-2,11-18(24)25)21-19(26)16-10-17(23)22(13-16)12-15-8-6-14(3)7-9-15/h6-9,16H,4-5,10-13H2,1-3H3,(H,21,26)(H,24,25). The highest BCUT2D eigenvalue weighted by atomic mass is 16.4. The minimum Gasteiger partial charge on any atom is -0.481 e. The van der Waals surface area contributed by atoms with Crippen molar-refractivity contribution in [1.29, 1.82) is 0 Å². The van der Waals surface area contributed by atoms with Crippen LogP contribution in [0.1, 0.15) is 50.7 Å². The number of nitrogens with zero attached hydrogens (tertiary/aromatic N) is 1. The highest BCUT2D eigenvalue weighted by Crippen LogP contribution is 2.25. The number of aliphatic carboxylic acids is 1. The van der Waals surface area contributed by atoms with Crippen molar-refractivity contribution in [3.8, 4) is 0 Å². The summed E-state index contributed by atoms with van der Waals surface area (Å²) in [6, 6.07) is 7.98. The molecule has 1 heterocycles. The van der Waals surface area contributed by atoms with Crippen LogP contribution >= 0.6 is 0 Å². The van der Waals surface area contributed by atoms with E-state index in [1.54, 1.807) is 4.90 Å². The fourth-order valence-electron chi connectivity index (χ4n) is 3.39. The van der Waals surface area contributed by atoms with Crippen LogP contribution in [0.4, 0.5) is 0 Å². The van der Waals surface area contributed by atoms with Crippen LogP contribution < -0.4 is 5.32 Å². The molecule has 142 valence electrons. The molecule has 0 aromatic heterocycles. The molecule has 2 rings (SSSR count). The molecule has 0 aliphatic carbocycles. The molecule has 0 radical (unpaired) electrons. The largest absolute Gasteiger partial charge is 0.481 e. The monoisotopic (exact) mass is 360 g/mol. The zero-order valence-corrected chi connectivity index (χ0v) is 15.7. The van der Waals surface area contributed by atoms with E-state index in [9.17, 15) is 14.4 Å². The summed E-state index contributed by atoms with van der Waals surface area (Å²) in [7, 11) is 0. The molecule has 1 aliphatic heterocycles. The maximum Gasteiger partial charge on any atom is 0.305 e. The van der Waals surface area contributed by atoms with Gasteiger partial charge >= 0.3 is 5.97 Å². The van der Waals surface area contributed by atoms with Gasteiger partial charge in [0.15, 0.2) is 0 Å². The number of rotatable bonds is 8. The third-order valence-electron chi connectivity index (χ3n) is 5.31. The number of carbonyl (C=O) groups excluding carboxylic acids is 2. The van der Waals surface area contributed by atoms with Gasteiger partial charge < -0.3 is 15.3 Å². The third kappa shape index (κ3) is 4.84. The van der Waals surface area contributed by atoms with Gasteiger partial charge in [-0.3, -0.25) is 14.4 Å². The normalized spacial score (nSPS) is 17.4. The molecule has 0 spiro atoms. The van der Waals surface area contributed by atoms with Crippen LogP contribution in [0.2, 0.25) is 0 Å². The molecule has 0 saturated carbocycles. The van der Waals surface area contributed by atoms with Crippen LogP contribution in [-0.2, 0) is 20.9 Å². The van der Waals surface area contributed by atoms with Gasteiger partial charge in [-0.05, 0) is 25.3 Å². The van der Waals surface area contributed by atoms with Crippen molar-refractivity contribution >= 4 is 17.8 Å². The summed E-state index contributed by atoms with van der Waals surface area (Å²) in [6.07, 6.45) is 1.14. The first kappa shape index (κ1) is 19.9. The second kappa shape index (κ2) is 8.34. The van der Waals surface area contributed by atoms with E-state index in [2.05, 4.69) is 5.32 Å². The van der Waals surface area contributed by atoms with Crippen molar-refractivity contribution in [2.24, 2.45) is 5.92 Å². The van der Waals surface area contributed by atoms with Crippen LogP contribution in [0, 0.1) is 12.8 Å². The lowest BCUT2D eigenvalue weighted by Gasteiger charge is -2.32. The number of hydrogen-bond acceptors (Lipinski definition) is 3. The Morgan fingerprint density at radius 3 is 2.38 bits per heavy atom. The van der Waals surface area contributed by atoms with E-state index in [4.69, 9.17) is 5.11 Å². The molecule has 6 nitrogen and oxygen atoms in total. The number of nitrogens with one attached hydrogen (secondary N) is 1. The zero-order valence-electron chi connectivity index (χ0n) is 15.7. The van der Waals surface area contributed by atoms with Gasteiger partial charge in [-0.1, -0.05) is 43.7 Å². The molecule has 1 aromatic rings. The van der Waals surface area contributed by atoms with E-state index in [1.807, 2.05) is 45.0 Å². The highest BCUT2D eigenvalue weighted by molar-refractivity contribution is 5.89. The predicted octanol–water partition coefficient (Wildman–Crippen LogP) is 2.49. The van der Waals surface area contributed by atoms with Crippen molar-refractivity contribution in [1.82, 2.24) is 10.2 Å². The Labute approximate surface area is 154 Å². The summed E-state index contributed by atoms with van der Waals surface area (Å²) in [5.41, 5.74) is 1.44. The summed E-state index contributed by atoms with van der Waals surface area (Å²) < 4.78 is 0. The Balaban J connectivity index is 2.01. The van der Waals surface area contributed by atoms with Crippen molar-refractivity contribution in [2.45, 2.75) is 58.5 Å². The molecular formula is C20H28N2O4. The lowest BCUT2D eigenvalue weighted by Crippen LogP contribution is -2.51. The van der Waals surface area contributed by atoms with E-state index in [-0.39, 0.29) is 24.7 Å². The Kier molecular flexibility index (Phi) is 6.40. The summed E-state index contributed by atoms with van der Waals surface area (Å²) >= 11 is 0. The number of aryl methyl sites for hydroxylation is 1. The van der Waals surface area contributed by atoms with E-state index in [0.29, 0.717) is 25.9 Å². The zero-order chi connectivity index (χ0) is 19.3. The lowest BCUT2D eigenvalue weighted by molar-refractivity contribution is -0.139. The number of benzene rings is 1. The number of carbonyl (C=O) groups is 3. The maximum absolute atomic E-state index is 12.7. The van der Waals surface area contributed by atoms with E-state index in [0.717, 1.165) is 11.1 Å². The Hall–Kier alpha value is -2.37. The average molecular weight is 360 g/mol. The number of hydrogen-bond donors (Lipinski definition) is 2. The van der Waals surface area contributed by atoms with Gasteiger partial charge in [0.05, 0.1) is 12.3 Å². The van der Waals surface area contributed by atoms with Crippen LogP contribution in [0.15, 0.2) is 24.3 Å². The summed E-state index contributed by atoms with van der Waals surface area (Å²) in [4.78, 5) is 37.8. The average Bonchev–Trinajstić information content (AvgIpc) is 2.96. The molecule has 6 heteroatoms. The van der Waals surface area contributed by atoms with Crippen molar-refractivity contribution < 1.29 is 19.5 Å². The smallest absolute Gasteiger partial charge is 0.305 e. The quantitative estimate of drug-likeness (QED) is 0.746. The molecule has 26 heavy (non-hydrogen) atoms. The lowest BCUT2D eigenvalue weighted by atomic mass is 9.88. The first-order valence-corrected chi connectivity index (χ1v) is 9.15. The Morgan fingerprint density at radius 2 is 1.85 bits per heavy atom. The Bertz CT molecular complexity index is 665. The molecule has 1 fully saturated rings. The number of likely N-dealkylation sites (tertiary alicyclic amines) is 1. The topological polar surface area (TPSA) is 86.7 Å². The predicted molar refractivity (Wildman–Crippen MR) is 98.4 cm³/mol. The molecule has 1 saturated heterocycles. The second-order valence-corrected chi connectivity index (χ2v) is 7.21. The van der Waals surface area contributed by atoms with Crippen molar-refractivity contribution in [3.63, 3.8) is 0 Å². The molecule has 2 amide bonds. The molecule has 1 aliphatic rings. The van der Waals surface area contributed by atoms with Gasteiger partial charge in [-0.25, -0.2) is 0 Å². The van der Waals surface area contributed by atoms with Gasteiger partial charge in [0.1, 0.15) is 0 Å². The van der Waals surface area contributed by atoms with Crippen LogP contribution in [0.25, 0.3) is 0 Å². The number of carboxylic acid groups (broad SMARTS) is 1. The maximum atomic E-state index is 12.7. The van der Waals surface area contributed by atoms with Crippen LogP contribution in [-0.4, -0.2) is 39.9 Å². The fraction of sp³-hybridized carbons (Fsp3) is 0.550. The number of carboxylic acids is 1. The molecule has 1 aromatic carbocycles.